The van der Waals surface area contributed by atoms with Gasteiger partial charge in [-0.05, 0) is 37.6 Å². The molecule has 2 atom stereocenters. The van der Waals surface area contributed by atoms with Crippen LogP contribution in [0.25, 0.3) is 0 Å². The van der Waals surface area contributed by atoms with Gasteiger partial charge in [0.25, 0.3) is 0 Å². The summed E-state index contributed by atoms with van der Waals surface area (Å²) < 4.78 is 16.8. The fraction of sp³-hybridized carbons (Fsp3) is 0.571. The van der Waals surface area contributed by atoms with E-state index >= 15 is 0 Å². The molecule has 18 heavy (non-hydrogen) atoms. The van der Waals surface area contributed by atoms with E-state index in [9.17, 15) is 4.21 Å². The molecule has 0 heterocycles. The van der Waals surface area contributed by atoms with Crippen LogP contribution in [0.15, 0.2) is 24.3 Å². The minimum absolute atomic E-state index is 0.159. The third-order valence-electron chi connectivity index (χ3n) is 2.64. The summed E-state index contributed by atoms with van der Waals surface area (Å²) in [5, 5.41) is 3.43. The Labute approximate surface area is 112 Å². The summed E-state index contributed by atoms with van der Waals surface area (Å²) >= 11 is 0. The second-order valence-electron chi connectivity index (χ2n) is 4.25. The van der Waals surface area contributed by atoms with E-state index in [1.807, 2.05) is 31.2 Å². The molecule has 1 rings (SSSR count). The van der Waals surface area contributed by atoms with Crippen molar-refractivity contribution in [1.29, 1.82) is 0 Å². The predicted molar refractivity (Wildman–Crippen MR) is 77.6 cm³/mol. The molecule has 0 saturated carbocycles. The fourth-order valence-electron chi connectivity index (χ4n) is 1.79. The van der Waals surface area contributed by atoms with Crippen molar-refractivity contribution in [2.24, 2.45) is 0 Å². The molecule has 102 valence electrons. The summed E-state index contributed by atoms with van der Waals surface area (Å²) in [5.41, 5.74) is 1.17. The van der Waals surface area contributed by atoms with Crippen LogP contribution in [0.1, 0.15) is 31.9 Å². The van der Waals surface area contributed by atoms with Crippen molar-refractivity contribution >= 4 is 10.8 Å². The largest absolute Gasteiger partial charge is 0.494 e. The summed E-state index contributed by atoms with van der Waals surface area (Å²) in [6, 6.07) is 8.19. The number of benzene rings is 1. The Morgan fingerprint density at radius 3 is 2.44 bits per heavy atom. The van der Waals surface area contributed by atoms with E-state index < -0.39 is 10.8 Å². The van der Waals surface area contributed by atoms with Crippen molar-refractivity contribution in [3.05, 3.63) is 29.8 Å². The molecule has 0 bridgehead atoms. The van der Waals surface area contributed by atoms with Gasteiger partial charge in [0.1, 0.15) is 5.75 Å². The topological polar surface area (TPSA) is 38.3 Å². The minimum Gasteiger partial charge on any atom is -0.494 e. The number of rotatable bonds is 8. The standard InChI is InChI=1S/C14H23NO2S/c1-4-10-15-14(11-18(3)16)12-6-8-13(9-7-12)17-5-2/h6-9,14-15H,4-5,10-11H2,1-3H3. The monoisotopic (exact) mass is 269 g/mol. The fourth-order valence-corrected chi connectivity index (χ4v) is 2.57. The number of hydrogen-bond acceptors (Lipinski definition) is 3. The normalized spacial score (nSPS) is 14.2. The molecule has 0 aliphatic heterocycles. The molecule has 0 aliphatic carbocycles. The molecule has 2 unspecified atom stereocenters. The summed E-state index contributed by atoms with van der Waals surface area (Å²) in [7, 11) is -0.802. The van der Waals surface area contributed by atoms with E-state index in [1.54, 1.807) is 6.26 Å². The smallest absolute Gasteiger partial charge is 0.119 e. The van der Waals surface area contributed by atoms with Crippen molar-refractivity contribution < 1.29 is 8.95 Å². The Kier molecular flexibility index (Phi) is 6.98. The van der Waals surface area contributed by atoms with E-state index in [4.69, 9.17) is 4.74 Å². The Morgan fingerprint density at radius 1 is 1.28 bits per heavy atom. The molecule has 0 spiro atoms. The molecule has 3 nitrogen and oxygen atoms in total. The maximum absolute atomic E-state index is 11.4. The Balaban J connectivity index is 2.73. The van der Waals surface area contributed by atoms with Crippen LogP contribution in [0.4, 0.5) is 0 Å². The molecule has 1 N–H and O–H groups in total. The summed E-state index contributed by atoms with van der Waals surface area (Å²) in [4.78, 5) is 0. The highest BCUT2D eigenvalue weighted by molar-refractivity contribution is 7.84. The van der Waals surface area contributed by atoms with Gasteiger partial charge in [-0.2, -0.15) is 0 Å². The number of ether oxygens (including phenoxy) is 1. The van der Waals surface area contributed by atoms with Gasteiger partial charge in [0.2, 0.25) is 0 Å². The Morgan fingerprint density at radius 2 is 1.94 bits per heavy atom. The van der Waals surface area contributed by atoms with Gasteiger partial charge in [0, 0.05) is 28.9 Å². The first-order valence-electron chi connectivity index (χ1n) is 6.43. The van der Waals surface area contributed by atoms with Gasteiger partial charge in [-0.15, -0.1) is 0 Å². The van der Waals surface area contributed by atoms with Gasteiger partial charge in [-0.1, -0.05) is 19.1 Å². The lowest BCUT2D eigenvalue weighted by atomic mass is 10.1. The molecule has 0 aliphatic rings. The highest BCUT2D eigenvalue weighted by atomic mass is 32.2. The van der Waals surface area contributed by atoms with E-state index in [2.05, 4.69) is 12.2 Å². The molecule has 0 saturated heterocycles. The van der Waals surface area contributed by atoms with Crippen molar-refractivity contribution in [2.75, 3.05) is 25.2 Å². The zero-order chi connectivity index (χ0) is 13.4. The van der Waals surface area contributed by atoms with Crippen LogP contribution >= 0.6 is 0 Å². The number of hydrogen-bond donors (Lipinski definition) is 1. The SMILES string of the molecule is CCCNC(CS(C)=O)c1ccc(OCC)cc1. The molecule has 0 fully saturated rings. The van der Waals surface area contributed by atoms with Crippen molar-refractivity contribution in [3.8, 4) is 5.75 Å². The minimum atomic E-state index is -0.802. The maximum atomic E-state index is 11.4. The van der Waals surface area contributed by atoms with Gasteiger partial charge >= 0.3 is 0 Å². The number of nitrogens with one attached hydrogen (secondary N) is 1. The lowest BCUT2D eigenvalue weighted by Crippen LogP contribution is -2.26. The van der Waals surface area contributed by atoms with Crippen LogP contribution in [0.3, 0.4) is 0 Å². The highest BCUT2D eigenvalue weighted by Gasteiger charge is 2.12. The lowest BCUT2D eigenvalue weighted by molar-refractivity contribution is 0.340. The van der Waals surface area contributed by atoms with E-state index in [0.717, 1.165) is 18.7 Å². The Hall–Kier alpha value is -0.870. The zero-order valence-corrected chi connectivity index (χ0v) is 12.3. The summed E-state index contributed by atoms with van der Waals surface area (Å²) in [6.45, 7) is 5.72. The molecule has 0 aromatic heterocycles. The summed E-state index contributed by atoms with van der Waals surface area (Å²) in [6.07, 6.45) is 2.82. The second kappa shape index (κ2) is 8.27. The van der Waals surface area contributed by atoms with Gasteiger partial charge in [0.15, 0.2) is 0 Å². The second-order valence-corrected chi connectivity index (χ2v) is 5.73. The molecule has 0 radical (unpaired) electrons. The molecular weight excluding hydrogens is 246 g/mol. The first-order chi connectivity index (χ1) is 8.67. The maximum Gasteiger partial charge on any atom is 0.119 e. The van der Waals surface area contributed by atoms with Gasteiger partial charge in [-0.3, -0.25) is 4.21 Å². The predicted octanol–water partition coefficient (Wildman–Crippen LogP) is 2.50. The first kappa shape index (κ1) is 15.2. The summed E-state index contributed by atoms with van der Waals surface area (Å²) in [5.74, 6) is 1.53. The van der Waals surface area contributed by atoms with Gasteiger partial charge in [-0.25, -0.2) is 0 Å². The van der Waals surface area contributed by atoms with E-state index in [0.29, 0.717) is 12.4 Å². The van der Waals surface area contributed by atoms with Crippen molar-refractivity contribution in [3.63, 3.8) is 0 Å². The molecule has 4 heteroatoms. The lowest BCUT2D eigenvalue weighted by Gasteiger charge is -2.18. The Bertz CT molecular complexity index is 365. The van der Waals surface area contributed by atoms with Crippen LogP contribution < -0.4 is 10.1 Å². The molecule has 1 aromatic rings. The van der Waals surface area contributed by atoms with Crippen LogP contribution in [-0.2, 0) is 10.8 Å². The van der Waals surface area contributed by atoms with E-state index in [1.165, 1.54) is 5.56 Å². The average molecular weight is 269 g/mol. The zero-order valence-electron chi connectivity index (χ0n) is 11.4. The third-order valence-corrected chi connectivity index (χ3v) is 3.44. The van der Waals surface area contributed by atoms with Crippen molar-refractivity contribution in [2.45, 2.75) is 26.3 Å². The molecule has 0 amide bonds. The van der Waals surface area contributed by atoms with Crippen LogP contribution in [-0.4, -0.2) is 29.4 Å². The van der Waals surface area contributed by atoms with Crippen LogP contribution in [0.5, 0.6) is 5.75 Å². The highest BCUT2D eigenvalue weighted by Crippen LogP contribution is 2.18. The van der Waals surface area contributed by atoms with Gasteiger partial charge < -0.3 is 10.1 Å². The molecular formula is C14H23NO2S. The third kappa shape index (κ3) is 5.19. The molecule has 1 aromatic carbocycles. The van der Waals surface area contributed by atoms with Crippen LogP contribution in [0, 0.1) is 0 Å². The average Bonchev–Trinajstić information content (AvgIpc) is 2.35. The van der Waals surface area contributed by atoms with Gasteiger partial charge in [0.05, 0.1) is 6.61 Å². The first-order valence-corrected chi connectivity index (χ1v) is 8.16. The quantitative estimate of drug-likeness (QED) is 0.788. The van der Waals surface area contributed by atoms with E-state index in [-0.39, 0.29) is 6.04 Å². The van der Waals surface area contributed by atoms with Crippen LogP contribution in [0.2, 0.25) is 0 Å². The van der Waals surface area contributed by atoms with Crippen molar-refractivity contribution in [1.82, 2.24) is 5.32 Å².